The maximum atomic E-state index is 13.7. The van der Waals surface area contributed by atoms with Crippen molar-refractivity contribution in [2.45, 2.75) is 19.5 Å². The van der Waals surface area contributed by atoms with Crippen LogP contribution < -0.4 is 10.1 Å². The van der Waals surface area contributed by atoms with Crippen molar-refractivity contribution < 1.29 is 13.9 Å². The number of rotatable bonds is 4. The van der Waals surface area contributed by atoms with Crippen molar-refractivity contribution in [2.75, 3.05) is 11.9 Å². The number of anilines is 1. The van der Waals surface area contributed by atoms with E-state index in [1.54, 1.807) is 17.0 Å². The molecule has 1 N–H and O–H groups in total. The van der Waals surface area contributed by atoms with Crippen LogP contribution in [0.25, 0.3) is 5.69 Å². The number of carbonyl (C=O) groups excluding carboxylic acids is 1. The van der Waals surface area contributed by atoms with E-state index in [1.165, 1.54) is 12.1 Å². The van der Waals surface area contributed by atoms with Crippen LogP contribution >= 0.6 is 0 Å². The molecule has 0 radical (unpaired) electrons. The molecular formula is C27H24FN3O2. The van der Waals surface area contributed by atoms with Gasteiger partial charge in [-0.1, -0.05) is 42.5 Å². The van der Waals surface area contributed by atoms with Crippen molar-refractivity contribution in [1.29, 1.82) is 0 Å². The molecule has 0 fully saturated rings. The van der Waals surface area contributed by atoms with Crippen LogP contribution in [0.4, 0.5) is 14.9 Å². The van der Waals surface area contributed by atoms with Gasteiger partial charge in [-0.15, -0.1) is 0 Å². The number of carbonyl (C=O) groups is 1. The Balaban J connectivity index is 1.61. The number of amides is 2. The minimum atomic E-state index is -0.410. The van der Waals surface area contributed by atoms with Gasteiger partial charge in [0.2, 0.25) is 0 Å². The number of nitrogens with zero attached hydrogens (tertiary/aromatic N) is 2. The molecule has 2 heterocycles. The van der Waals surface area contributed by atoms with Crippen molar-refractivity contribution in [1.82, 2.24) is 9.47 Å². The van der Waals surface area contributed by atoms with E-state index in [4.69, 9.17) is 4.74 Å². The highest BCUT2D eigenvalue weighted by atomic mass is 19.1. The third-order valence-electron chi connectivity index (χ3n) is 5.84. The molecule has 0 saturated heterocycles. The zero-order chi connectivity index (χ0) is 22.8. The zero-order valence-corrected chi connectivity index (χ0v) is 18.2. The predicted molar refractivity (Wildman–Crippen MR) is 126 cm³/mol. The molecule has 2 amide bonds. The first-order valence-corrected chi connectivity index (χ1v) is 11.0. The first-order valence-electron chi connectivity index (χ1n) is 11.0. The maximum absolute atomic E-state index is 13.7. The number of benzene rings is 3. The van der Waals surface area contributed by atoms with E-state index in [1.807, 2.05) is 73.8 Å². The van der Waals surface area contributed by atoms with Gasteiger partial charge >= 0.3 is 6.03 Å². The number of nitrogens with one attached hydrogen (secondary N) is 1. The maximum Gasteiger partial charge on any atom is 0.323 e. The summed E-state index contributed by atoms with van der Waals surface area (Å²) in [6, 6.07) is 25.1. The molecule has 1 aliphatic heterocycles. The first-order chi connectivity index (χ1) is 16.2. The summed E-state index contributed by atoms with van der Waals surface area (Å²) in [4.78, 5) is 15.5. The van der Waals surface area contributed by atoms with E-state index in [2.05, 4.69) is 9.88 Å². The van der Waals surface area contributed by atoms with Gasteiger partial charge in [0, 0.05) is 11.9 Å². The lowest BCUT2D eigenvalue weighted by molar-refractivity contribution is 0.194. The quantitative estimate of drug-likeness (QED) is 0.413. The molecule has 5 rings (SSSR count). The Morgan fingerprint density at radius 1 is 1.00 bits per heavy atom. The van der Waals surface area contributed by atoms with Gasteiger partial charge in [0.25, 0.3) is 0 Å². The molecule has 5 nitrogen and oxygen atoms in total. The van der Waals surface area contributed by atoms with Gasteiger partial charge < -0.3 is 19.5 Å². The Morgan fingerprint density at radius 2 is 1.76 bits per heavy atom. The molecule has 0 spiro atoms. The van der Waals surface area contributed by atoms with Crippen LogP contribution in [0, 0.1) is 5.82 Å². The fraction of sp³-hybridized carbons (Fsp3) is 0.148. The summed E-state index contributed by atoms with van der Waals surface area (Å²) in [5.41, 5.74) is 4.41. The number of ether oxygens (including phenoxy) is 1. The lowest BCUT2D eigenvalue weighted by Gasteiger charge is -2.31. The second kappa shape index (κ2) is 8.82. The van der Waals surface area contributed by atoms with Crippen molar-refractivity contribution in [3.05, 3.63) is 114 Å². The van der Waals surface area contributed by atoms with E-state index in [9.17, 15) is 9.18 Å². The molecule has 6 heteroatoms. The number of hydrogen-bond acceptors (Lipinski definition) is 2. The highest BCUT2D eigenvalue weighted by molar-refractivity contribution is 5.91. The summed E-state index contributed by atoms with van der Waals surface area (Å²) >= 11 is 0. The number of para-hydroxylation sites is 3. The normalized spacial score (nSPS) is 14.7. The molecule has 0 unspecified atom stereocenters. The van der Waals surface area contributed by atoms with Gasteiger partial charge in [-0.3, -0.25) is 0 Å². The largest absolute Gasteiger partial charge is 0.492 e. The van der Waals surface area contributed by atoms with Crippen LogP contribution in [-0.4, -0.2) is 22.1 Å². The molecule has 1 aliphatic rings. The molecule has 0 aliphatic carbocycles. The standard InChI is InChI=1S/C27H24FN3O2/c1-2-33-25-12-6-4-9-22(25)29-27(32)31-18-20-8-3-5-10-23(20)30-17-7-11-24(30)26(31)19-13-15-21(28)16-14-19/h3-17,26H,2,18H2,1H3,(H,29,32)/t26-/m0/s1. The number of aromatic nitrogens is 1. The Morgan fingerprint density at radius 3 is 2.58 bits per heavy atom. The Bertz CT molecular complexity index is 1280. The van der Waals surface area contributed by atoms with Crippen LogP contribution in [0.2, 0.25) is 0 Å². The molecule has 1 atom stereocenters. The average molecular weight is 442 g/mol. The van der Waals surface area contributed by atoms with Crippen LogP contribution in [0.5, 0.6) is 5.75 Å². The van der Waals surface area contributed by atoms with E-state index in [0.717, 1.165) is 22.5 Å². The molecular weight excluding hydrogens is 417 g/mol. The minimum Gasteiger partial charge on any atom is -0.492 e. The number of fused-ring (bicyclic) bond motifs is 3. The van der Waals surface area contributed by atoms with Crippen molar-refractivity contribution in [2.24, 2.45) is 0 Å². The Kier molecular flexibility index (Phi) is 5.57. The summed E-state index contributed by atoms with van der Waals surface area (Å²) in [6.45, 7) is 2.79. The molecule has 33 heavy (non-hydrogen) atoms. The fourth-order valence-electron chi connectivity index (χ4n) is 4.37. The zero-order valence-electron chi connectivity index (χ0n) is 18.2. The van der Waals surface area contributed by atoms with E-state index < -0.39 is 6.04 Å². The molecule has 3 aromatic carbocycles. The number of halogens is 1. The van der Waals surface area contributed by atoms with E-state index >= 15 is 0 Å². The second-order valence-corrected chi connectivity index (χ2v) is 7.87. The van der Waals surface area contributed by atoms with Gasteiger partial charge in [0.05, 0.1) is 30.6 Å². The number of urea groups is 1. The Hall–Kier alpha value is -4.06. The molecule has 166 valence electrons. The van der Waals surface area contributed by atoms with Gasteiger partial charge in [-0.05, 0) is 60.5 Å². The topological polar surface area (TPSA) is 46.5 Å². The summed E-state index contributed by atoms with van der Waals surface area (Å²) in [7, 11) is 0. The third kappa shape index (κ3) is 3.96. The van der Waals surface area contributed by atoms with E-state index in [-0.39, 0.29) is 11.8 Å². The SMILES string of the molecule is CCOc1ccccc1NC(=O)N1Cc2ccccc2-n2cccc2[C@@H]1c1ccc(F)cc1. The molecule has 0 bridgehead atoms. The van der Waals surface area contributed by atoms with Crippen LogP contribution in [-0.2, 0) is 6.54 Å². The summed E-state index contributed by atoms with van der Waals surface area (Å²) < 4.78 is 21.5. The predicted octanol–water partition coefficient (Wildman–Crippen LogP) is 6.15. The van der Waals surface area contributed by atoms with Gasteiger partial charge in [-0.2, -0.15) is 0 Å². The third-order valence-corrected chi connectivity index (χ3v) is 5.84. The minimum absolute atomic E-state index is 0.263. The fourth-order valence-corrected chi connectivity index (χ4v) is 4.37. The van der Waals surface area contributed by atoms with Gasteiger partial charge in [0.1, 0.15) is 11.6 Å². The molecule has 4 aromatic rings. The van der Waals surface area contributed by atoms with Gasteiger partial charge in [0.15, 0.2) is 0 Å². The van der Waals surface area contributed by atoms with Crippen LogP contribution in [0.15, 0.2) is 91.1 Å². The van der Waals surface area contributed by atoms with Crippen LogP contribution in [0.1, 0.15) is 29.8 Å². The highest BCUT2D eigenvalue weighted by Gasteiger charge is 2.33. The van der Waals surface area contributed by atoms with E-state index in [0.29, 0.717) is 24.6 Å². The summed E-state index contributed by atoms with van der Waals surface area (Å²) in [5, 5.41) is 3.04. The van der Waals surface area contributed by atoms with Crippen LogP contribution in [0.3, 0.4) is 0 Å². The lowest BCUT2D eigenvalue weighted by Crippen LogP contribution is -2.38. The average Bonchev–Trinajstić information content (AvgIpc) is 3.26. The van der Waals surface area contributed by atoms with Crippen molar-refractivity contribution in [3.63, 3.8) is 0 Å². The second-order valence-electron chi connectivity index (χ2n) is 7.87. The summed E-state index contributed by atoms with van der Waals surface area (Å²) in [5.74, 6) is 0.304. The molecule has 0 saturated carbocycles. The monoisotopic (exact) mass is 441 g/mol. The van der Waals surface area contributed by atoms with Crippen molar-refractivity contribution >= 4 is 11.7 Å². The number of hydrogen-bond donors (Lipinski definition) is 1. The smallest absolute Gasteiger partial charge is 0.323 e. The first kappa shape index (κ1) is 20.8. The van der Waals surface area contributed by atoms with Gasteiger partial charge in [-0.25, -0.2) is 9.18 Å². The Labute approximate surface area is 192 Å². The molecule has 1 aromatic heterocycles. The highest BCUT2D eigenvalue weighted by Crippen LogP contribution is 2.37. The summed E-state index contributed by atoms with van der Waals surface area (Å²) in [6.07, 6.45) is 2.00. The van der Waals surface area contributed by atoms with Crippen molar-refractivity contribution in [3.8, 4) is 11.4 Å². The lowest BCUT2D eigenvalue weighted by atomic mass is 10.0.